The van der Waals surface area contributed by atoms with Crippen molar-refractivity contribution in [1.29, 1.82) is 0 Å². The van der Waals surface area contributed by atoms with Crippen LogP contribution < -0.4 is 20.3 Å². The van der Waals surface area contributed by atoms with Gasteiger partial charge in [0, 0.05) is 42.3 Å². The Morgan fingerprint density at radius 2 is 1.97 bits per heavy atom. The molecule has 1 aliphatic rings. The van der Waals surface area contributed by atoms with Crippen molar-refractivity contribution in [2.45, 2.75) is 32.9 Å². The van der Waals surface area contributed by atoms with Crippen LogP contribution in [0.4, 0.5) is 11.4 Å². The van der Waals surface area contributed by atoms with Crippen molar-refractivity contribution in [3.05, 3.63) is 72.3 Å². The molecule has 33 heavy (non-hydrogen) atoms. The van der Waals surface area contributed by atoms with E-state index >= 15 is 0 Å². The molecule has 0 saturated carbocycles. The summed E-state index contributed by atoms with van der Waals surface area (Å²) in [5.74, 6) is 0.489. The van der Waals surface area contributed by atoms with Gasteiger partial charge in [0.15, 0.2) is 5.11 Å². The number of ether oxygens (including phenoxy) is 1. The van der Waals surface area contributed by atoms with Crippen LogP contribution in [0.1, 0.15) is 44.2 Å². The molecule has 172 valence electrons. The minimum atomic E-state index is -0.516. The van der Waals surface area contributed by atoms with Crippen LogP contribution in [-0.4, -0.2) is 27.7 Å². The molecule has 1 aromatic carbocycles. The number of nitrogens with one attached hydrogen (secondary N) is 2. The van der Waals surface area contributed by atoms with Gasteiger partial charge in [0.05, 0.1) is 24.5 Å². The van der Waals surface area contributed by atoms with Gasteiger partial charge in [-0.1, -0.05) is 26.8 Å². The number of rotatable bonds is 5. The highest BCUT2D eigenvalue weighted by Gasteiger charge is 2.42. The predicted octanol–water partition coefficient (Wildman–Crippen LogP) is 4.59. The molecular weight excluding hydrogens is 434 g/mol. The molecule has 0 radical (unpaired) electrons. The maximum atomic E-state index is 12.5. The summed E-state index contributed by atoms with van der Waals surface area (Å²) in [6.07, 6.45) is 3.82. The first-order valence-corrected chi connectivity index (χ1v) is 11.2. The molecule has 4 rings (SSSR count). The van der Waals surface area contributed by atoms with Gasteiger partial charge in [0.1, 0.15) is 11.8 Å². The van der Waals surface area contributed by atoms with E-state index in [0.717, 1.165) is 17.1 Å². The summed E-state index contributed by atoms with van der Waals surface area (Å²) in [7, 11) is 3.62. The van der Waals surface area contributed by atoms with Crippen LogP contribution in [0, 0.1) is 5.41 Å². The molecular formula is C25H29N5O2S. The lowest BCUT2D eigenvalue weighted by atomic mass is 9.95. The Morgan fingerprint density at radius 1 is 1.18 bits per heavy atom. The molecule has 0 bridgehead atoms. The van der Waals surface area contributed by atoms with Gasteiger partial charge < -0.3 is 24.8 Å². The van der Waals surface area contributed by atoms with Crippen molar-refractivity contribution < 1.29 is 9.53 Å². The Balaban J connectivity index is 1.75. The molecule has 0 unspecified atom stereocenters. The van der Waals surface area contributed by atoms with E-state index < -0.39 is 5.41 Å². The van der Waals surface area contributed by atoms with Gasteiger partial charge in [-0.2, -0.15) is 0 Å². The number of amides is 1. The molecule has 1 saturated heterocycles. The third-order valence-corrected chi connectivity index (χ3v) is 6.09. The average Bonchev–Trinajstić information content (AvgIpc) is 3.36. The summed E-state index contributed by atoms with van der Waals surface area (Å²) in [5, 5.41) is 7.03. The molecule has 8 heteroatoms. The lowest BCUT2D eigenvalue weighted by molar-refractivity contribution is -0.123. The number of nitrogens with zero attached hydrogens (tertiary/aromatic N) is 3. The van der Waals surface area contributed by atoms with Crippen molar-refractivity contribution in [1.82, 2.24) is 14.9 Å². The fourth-order valence-electron chi connectivity index (χ4n) is 3.96. The number of hydrogen-bond donors (Lipinski definition) is 2. The lowest BCUT2D eigenvalue weighted by Gasteiger charge is -2.29. The lowest BCUT2D eigenvalue weighted by Crippen LogP contribution is -2.30. The van der Waals surface area contributed by atoms with Gasteiger partial charge in [-0.05, 0) is 48.6 Å². The molecule has 0 aliphatic carbocycles. The van der Waals surface area contributed by atoms with E-state index in [1.165, 1.54) is 0 Å². The topological polar surface area (TPSA) is 71.4 Å². The Hall–Kier alpha value is -3.39. The van der Waals surface area contributed by atoms with Crippen LogP contribution in [0.5, 0.6) is 5.75 Å². The second kappa shape index (κ2) is 8.86. The maximum absolute atomic E-state index is 12.5. The number of anilines is 2. The maximum Gasteiger partial charge on any atom is 0.229 e. The van der Waals surface area contributed by atoms with Gasteiger partial charge >= 0.3 is 0 Å². The van der Waals surface area contributed by atoms with Crippen molar-refractivity contribution in [3.63, 3.8) is 0 Å². The first-order valence-electron chi connectivity index (χ1n) is 10.8. The smallest absolute Gasteiger partial charge is 0.229 e. The number of benzene rings is 1. The quantitative estimate of drug-likeness (QED) is 0.540. The Kier molecular flexibility index (Phi) is 6.12. The summed E-state index contributed by atoms with van der Waals surface area (Å²) in [6.45, 7) is 5.62. The first kappa shape index (κ1) is 22.8. The Labute approximate surface area is 199 Å². The van der Waals surface area contributed by atoms with Crippen LogP contribution in [0.3, 0.4) is 0 Å². The highest BCUT2D eigenvalue weighted by Crippen LogP contribution is 2.43. The monoisotopic (exact) mass is 463 g/mol. The number of aromatic nitrogens is 2. The predicted molar refractivity (Wildman–Crippen MR) is 134 cm³/mol. The van der Waals surface area contributed by atoms with E-state index in [1.54, 1.807) is 13.3 Å². The van der Waals surface area contributed by atoms with Crippen LogP contribution in [0.2, 0.25) is 0 Å². The summed E-state index contributed by atoms with van der Waals surface area (Å²) >= 11 is 5.79. The number of aryl methyl sites for hydroxylation is 1. The zero-order valence-corrected chi connectivity index (χ0v) is 20.3. The van der Waals surface area contributed by atoms with Crippen LogP contribution in [0.25, 0.3) is 0 Å². The van der Waals surface area contributed by atoms with Gasteiger partial charge in [-0.3, -0.25) is 9.78 Å². The molecule has 2 aromatic heterocycles. The number of carbonyl (C=O) groups excluding carboxylic acids is 1. The third kappa shape index (κ3) is 4.43. The molecule has 2 atom stereocenters. The highest BCUT2D eigenvalue weighted by molar-refractivity contribution is 7.80. The number of methoxy groups -OCH3 is 1. The molecule has 2 N–H and O–H groups in total. The fourth-order valence-corrected chi connectivity index (χ4v) is 4.30. The largest absolute Gasteiger partial charge is 0.494 e. The zero-order chi connectivity index (χ0) is 23.8. The Morgan fingerprint density at radius 3 is 2.58 bits per heavy atom. The SMILES string of the molecule is COc1cc(N2C(=S)N[C@@H](c3ccccn3)[C@H]2c2cccn2C)ccc1NC(=O)C(C)(C)C. The molecule has 0 spiro atoms. The Bertz CT molecular complexity index is 1170. The fraction of sp³-hybridized carbons (Fsp3) is 0.320. The van der Waals surface area contributed by atoms with Crippen molar-refractivity contribution >= 4 is 34.6 Å². The summed E-state index contributed by atoms with van der Waals surface area (Å²) in [4.78, 5) is 19.2. The van der Waals surface area contributed by atoms with Gasteiger partial charge in [-0.25, -0.2) is 0 Å². The van der Waals surface area contributed by atoms with E-state index in [4.69, 9.17) is 17.0 Å². The number of hydrogen-bond acceptors (Lipinski definition) is 4. The van der Waals surface area contributed by atoms with Gasteiger partial charge in [-0.15, -0.1) is 0 Å². The highest BCUT2D eigenvalue weighted by atomic mass is 32.1. The number of carbonyl (C=O) groups is 1. The number of pyridine rings is 1. The van der Waals surface area contributed by atoms with E-state index in [2.05, 4.69) is 31.2 Å². The van der Waals surface area contributed by atoms with E-state index in [1.807, 2.05) is 76.5 Å². The molecule has 1 fully saturated rings. The van der Waals surface area contributed by atoms with Crippen LogP contribution in [-0.2, 0) is 11.8 Å². The normalized spacial score (nSPS) is 18.2. The first-order chi connectivity index (χ1) is 15.7. The van der Waals surface area contributed by atoms with Gasteiger partial charge in [0.2, 0.25) is 5.91 Å². The van der Waals surface area contributed by atoms with Crippen LogP contribution >= 0.6 is 12.2 Å². The molecule has 1 amide bonds. The minimum absolute atomic E-state index is 0.0798. The van der Waals surface area contributed by atoms with Crippen LogP contribution in [0.15, 0.2) is 60.9 Å². The minimum Gasteiger partial charge on any atom is -0.494 e. The molecule has 3 aromatic rings. The second-order valence-electron chi connectivity index (χ2n) is 9.13. The van der Waals surface area contributed by atoms with Crippen molar-refractivity contribution in [2.24, 2.45) is 12.5 Å². The van der Waals surface area contributed by atoms with Crippen molar-refractivity contribution in [3.8, 4) is 5.75 Å². The summed E-state index contributed by atoms with van der Waals surface area (Å²) < 4.78 is 7.73. The van der Waals surface area contributed by atoms with E-state index in [9.17, 15) is 4.79 Å². The molecule has 3 heterocycles. The molecule has 7 nitrogen and oxygen atoms in total. The zero-order valence-electron chi connectivity index (χ0n) is 19.5. The summed E-state index contributed by atoms with van der Waals surface area (Å²) in [5.41, 5.74) is 2.98. The molecule has 1 aliphatic heterocycles. The third-order valence-electron chi connectivity index (χ3n) is 5.78. The van der Waals surface area contributed by atoms with Gasteiger partial charge in [0.25, 0.3) is 0 Å². The average molecular weight is 464 g/mol. The standard InChI is InChI=1S/C25H29N5O2S/c1-25(2,3)23(31)27-17-12-11-16(15-20(17)32-5)30-22(19-10-8-14-29(19)4)21(28-24(30)33)18-9-6-7-13-26-18/h6-15,21-22H,1-5H3,(H,27,31)(H,28,33)/t21-,22+/m0/s1. The van der Waals surface area contributed by atoms with Crippen molar-refractivity contribution in [2.75, 3.05) is 17.3 Å². The summed E-state index contributed by atoms with van der Waals surface area (Å²) in [6, 6.07) is 15.5. The number of thiocarbonyl (C=S) groups is 1. The second-order valence-corrected chi connectivity index (χ2v) is 9.52. The van der Waals surface area contributed by atoms with E-state index in [0.29, 0.717) is 16.5 Å². The van der Waals surface area contributed by atoms with E-state index in [-0.39, 0.29) is 18.0 Å².